The number of hydrogen-bond acceptors (Lipinski definition) is 5. The molecular formula is C16H17FN4O3. The molecule has 0 radical (unpaired) electrons. The number of rotatable bonds is 3. The van der Waals surface area contributed by atoms with E-state index in [2.05, 4.69) is 10.4 Å². The number of fused-ring (bicyclic) bond motifs is 1. The number of nitrogens with zero attached hydrogens (tertiary/aromatic N) is 3. The highest BCUT2D eigenvalue weighted by molar-refractivity contribution is 5.75. The summed E-state index contributed by atoms with van der Waals surface area (Å²) in [5.41, 5.74) is 2.12. The van der Waals surface area contributed by atoms with Crippen LogP contribution >= 0.6 is 0 Å². The zero-order chi connectivity index (χ0) is 16.7. The lowest BCUT2D eigenvalue weighted by Crippen LogP contribution is -2.18. The van der Waals surface area contributed by atoms with Crippen molar-refractivity contribution >= 4 is 11.5 Å². The summed E-state index contributed by atoms with van der Waals surface area (Å²) in [7, 11) is 0. The minimum atomic E-state index is -0.570. The Morgan fingerprint density at radius 1 is 1.38 bits per heavy atom. The topological polar surface area (TPSA) is 82.2 Å². The van der Waals surface area contributed by atoms with Crippen LogP contribution in [0.4, 0.5) is 15.9 Å². The van der Waals surface area contributed by atoms with E-state index in [0.29, 0.717) is 6.61 Å². The molecule has 7 nitrogen and oxygen atoms in total. The van der Waals surface area contributed by atoms with E-state index in [1.54, 1.807) is 6.07 Å². The third kappa shape index (κ3) is 2.52. The van der Waals surface area contributed by atoms with Crippen molar-refractivity contribution in [2.45, 2.75) is 31.9 Å². The quantitative estimate of drug-likeness (QED) is 0.689. The van der Waals surface area contributed by atoms with Gasteiger partial charge in [0.15, 0.2) is 6.23 Å². The fraction of sp³-hybridized carbons (Fsp3) is 0.438. The van der Waals surface area contributed by atoms with E-state index in [9.17, 15) is 14.5 Å². The smallest absolute Gasteiger partial charge is 0.384 e. The molecule has 1 N–H and O–H groups in total. The molecule has 8 heteroatoms. The second-order valence-corrected chi connectivity index (χ2v) is 6.09. The van der Waals surface area contributed by atoms with Gasteiger partial charge in [0, 0.05) is 24.4 Å². The maximum absolute atomic E-state index is 14.5. The van der Waals surface area contributed by atoms with Crippen LogP contribution in [0.15, 0.2) is 18.3 Å². The van der Waals surface area contributed by atoms with Crippen LogP contribution in [0.3, 0.4) is 0 Å². The van der Waals surface area contributed by atoms with Gasteiger partial charge >= 0.3 is 5.82 Å². The Morgan fingerprint density at radius 2 is 2.25 bits per heavy atom. The van der Waals surface area contributed by atoms with E-state index in [4.69, 9.17) is 4.74 Å². The van der Waals surface area contributed by atoms with Crippen molar-refractivity contribution < 1.29 is 14.1 Å². The van der Waals surface area contributed by atoms with Crippen molar-refractivity contribution in [1.29, 1.82) is 0 Å². The summed E-state index contributed by atoms with van der Waals surface area (Å²) < 4.78 is 21.6. The molecule has 0 saturated carbocycles. The summed E-state index contributed by atoms with van der Waals surface area (Å²) in [5, 5.41) is 18.5. The van der Waals surface area contributed by atoms with Gasteiger partial charge in [-0.3, -0.25) is 0 Å². The molecule has 24 heavy (non-hydrogen) atoms. The fourth-order valence-electron chi connectivity index (χ4n) is 3.31. The van der Waals surface area contributed by atoms with Gasteiger partial charge in [-0.15, -0.1) is 0 Å². The first-order chi connectivity index (χ1) is 11.6. The molecule has 3 heterocycles. The summed E-state index contributed by atoms with van der Waals surface area (Å²) in [4.78, 5) is 10.8. The molecule has 2 aliphatic heterocycles. The highest BCUT2D eigenvalue weighted by Crippen LogP contribution is 2.36. The predicted octanol–water partition coefficient (Wildman–Crippen LogP) is 3.26. The Labute approximate surface area is 137 Å². The van der Waals surface area contributed by atoms with Gasteiger partial charge in [-0.1, -0.05) is 0 Å². The monoisotopic (exact) mass is 332 g/mol. The van der Waals surface area contributed by atoms with Crippen LogP contribution in [0.1, 0.15) is 31.1 Å². The molecule has 1 aromatic heterocycles. The van der Waals surface area contributed by atoms with Crippen LogP contribution in [0.5, 0.6) is 0 Å². The van der Waals surface area contributed by atoms with Crippen LogP contribution in [0.25, 0.3) is 11.1 Å². The molecule has 0 bridgehead atoms. The van der Waals surface area contributed by atoms with Crippen molar-refractivity contribution in [3.63, 3.8) is 0 Å². The SMILES string of the molecule is O=[N+]([O-])c1nn(C2CCCCO2)cc1-c1cc2c(cc1F)NCC2. The van der Waals surface area contributed by atoms with E-state index in [1.165, 1.54) is 16.9 Å². The average Bonchev–Trinajstić information content (AvgIpc) is 3.21. The number of halogens is 1. The largest absolute Gasteiger partial charge is 0.398 e. The van der Waals surface area contributed by atoms with Crippen LogP contribution in [-0.2, 0) is 11.2 Å². The second kappa shape index (κ2) is 5.86. The Bertz CT molecular complexity index is 799. The highest BCUT2D eigenvalue weighted by Gasteiger charge is 2.29. The molecule has 126 valence electrons. The first kappa shape index (κ1) is 15.1. The maximum atomic E-state index is 14.5. The number of ether oxygens (including phenoxy) is 1. The minimum absolute atomic E-state index is 0.196. The standard InChI is InChI=1S/C16H17FN4O3/c17-13-8-14-10(4-5-18-14)7-11(13)12-9-20(19-16(12)21(22)23)15-3-1-2-6-24-15/h7-9,15,18H,1-6H2. The highest BCUT2D eigenvalue weighted by atomic mass is 19.1. The number of anilines is 1. The minimum Gasteiger partial charge on any atom is -0.384 e. The summed E-state index contributed by atoms with van der Waals surface area (Å²) >= 11 is 0. The molecule has 4 rings (SSSR count). The van der Waals surface area contributed by atoms with E-state index in [0.717, 1.165) is 43.5 Å². The molecule has 2 aliphatic rings. The normalized spacial score (nSPS) is 19.8. The lowest BCUT2D eigenvalue weighted by molar-refractivity contribution is -0.389. The Kier molecular flexibility index (Phi) is 3.68. The Hall–Kier alpha value is -2.48. The van der Waals surface area contributed by atoms with Gasteiger partial charge in [0.2, 0.25) is 0 Å². The van der Waals surface area contributed by atoms with Gasteiger partial charge in [-0.25, -0.2) is 4.39 Å². The predicted molar refractivity (Wildman–Crippen MR) is 85.3 cm³/mol. The summed E-state index contributed by atoms with van der Waals surface area (Å²) in [6, 6.07) is 3.08. The van der Waals surface area contributed by atoms with Crippen molar-refractivity contribution in [2.24, 2.45) is 0 Å². The zero-order valence-corrected chi connectivity index (χ0v) is 13.0. The van der Waals surface area contributed by atoms with E-state index in [1.807, 2.05) is 0 Å². The third-order valence-corrected chi connectivity index (χ3v) is 4.53. The lowest BCUT2D eigenvalue weighted by Gasteiger charge is -2.20. The molecule has 0 spiro atoms. The van der Waals surface area contributed by atoms with Crippen molar-refractivity contribution in [3.8, 4) is 11.1 Å². The van der Waals surface area contributed by atoms with Crippen LogP contribution in [-0.4, -0.2) is 27.9 Å². The van der Waals surface area contributed by atoms with Crippen molar-refractivity contribution in [3.05, 3.63) is 39.8 Å². The van der Waals surface area contributed by atoms with Crippen LogP contribution in [0.2, 0.25) is 0 Å². The van der Waals surface area contributed by atoms with Crippen LogP contribution in [0, 0.1) is 15.9 Å². The molecule has 0 amide bonds. The number of nitro groups is 1. The molecule has 0 aliphatic carbocycles. The van der Waals surface area contributed by atoms with Crippen molar-refractivity contribution in [2.75, 3.05) is 18.5 Å². The molecule has 1 saturated heterocycles. The van der Waals surface area contributed by atoms with Crippen molar-refractivity contribution in [1.82, 2.24) is 9.78 Å². The maximum Gasteiger partial charge on any atom is 0.398 e. The number of hydrogen-bond donors (Lipinski definition) is 1. The van der Waals surface area contributed by atoms with Crippen LogP contribution < -0.4 is 5.32 Å². The van der Waals surface area contributed by atoms with E-state index >= 15 is 0 Å². The number of benzene rings is 1. The lowest BCUT2D eigenvalue weighted by atomic mass is 10.0. The van der Waals surface area contributed by atoms with Gasteiger partial charge in [0.25, 0.3) is 0 Å². The third-order valence-electron chi connectivity index (χ3n) is 4.53. The van der Waals surface area contributed by atoms with E-state index in [-0.39, 0.29) is 23.2 Å². The molecule has 1 fully saturated rings. The first-order valence-electron chi connectivity index (χ1n) is 8.05. The van der Waals surface area contributed by atoms with Gasteiger partial charge in [0.05, 0.1) is 11.3 Å². The average molecular weight is 332 g/mol. The fourth-order valence-corrected chi connectivity index (χ4v) is 3.31. The number of aromatic nitrogens is 2. The van der Waals surface area contributed by atoms with Gasteiger partial charge < -0.3 is 20.2 Å². The summed E-state index contributed by atoms with van der Waals surface area (Å²) in [6.45, 7) is 1.35. The molecular weight excluding hydrogens is 315 g/mol. The van der Waals surface area contributed by atoms with Gasteiger partial charge in [-0.05, 0) is 48.3 Å². The number of nitrogens with one attached hydrogen (secondary N) is 1. The van der Waals surface area contributed by atoms with Gasteiger partial charge in [0.1, 0.15) is 11.4 Å². The van der Waals surface area contributed by atoms with E-state index < -0.39 is 10.7 Å². The molecule has 1 unspecified atom stereocenters. The zero-order valence-electron chi connectivity index (χ0n) is 13.0. The summed E-state index contributed by atoms with van der Waals surface area (Å²) in [5.74, 6) is -0.829. The Balaban J connectivity index is 1.79. The molecule has 2 aromatic rings. The summed E-state index contributed by atoms with van der Waals surface area (Å²) in [6.07, 6.45) is 4.67. The molecule has 1 atom stereocenters. The van der Waals surface area contributed by atoms with Gasteiger partial charge in [-0.2, -0.15) is 4.68 Å². The second-order valence-electron chi connectivity index (χ2n) is 6.09. The Morgan fingerprint density at radius 3 is 3.00 bits per heavy atom. The molecule has 1 aromatic carbocycles. The first-order valence-corrected chi connectivity index (χ1v) is 8.05.